The van der Waals surface area contributed by atoms with E-state index in [1.165, 1.54) is 7.11 Å². The number of carbonyl (C=O) groups is 2. The van der Waals surface area contributed by atoms with E-state index in [0.29, 0.717) is 40.8 Å². The third-order valence-corrected chi connectivity index (χ3v) is 3.70. The molecule has 2 aromatic carbocycles. The Hall–Kier alpha value is -3.02. The Morgan fingerprint density at radius 3 is 2.19 bits per heavy atom. The maximum Gasteiger partial charge on any atom is 0.255 e. The van der Waals surface area contributed by atoms with Crippen LogP contribution in [0.2, 0.25) is 0 Å². The van der Waals surface area contributed by atoms with Crippen molar-refractivity contribution in [1.82, 2.24) is 5.32 Å². The number of hydrogen-bond acceptors (Lipinski definition) is 4. The highest BCUT2D eigenvalue weighted by molar-refractivity contribution is 6.06. The van der Waals surface area contributed by atoms with Crippen LogP contribution in [0.4, 0.5) is 5.69 Å². The van der Waals surface area contributed by atoms with Gasteiger partial charge in [0.15, 0.2) is 11.5 Å². The van der Waals surface area contributed by atoms with Gasteiger partial charge in [-0.2, -0.15) is 0 Å². The van der Waals surface area contributed by atoms with Gasteiger partial charge in [-0.25, -0.2) is 0 Å². The van der Waals surface area contributed by atoms with Crippen LogP contribution < -0.4 is 20.1 Å². The first-order valence-corrected chi connectivity index (χ1v) is 8.36. The van der Waals surface area contributed by atoms with Gasteiger partial charge in [0.05, 0.1) is 14.2 Å². The molecule has 0 radical (unpaired) electrons. The lowest BCUT2D eigenvalue weighted by molar-refractivity contribution is 0.0949. The van der Waals surface area contributed by atoms with Crippen molar-refractivity contribution < 1.29 is 19.1 Å². The highest BCUT2D eigenvalue weighted by Gasteiger charge is 2.12. The number of hydrogen-bond donors (Lipinski definition) is 2. The summed E-state index contributed by atoms with van der Waals surface area (Å²) in [4.78, 5) is 24.7. The first-order chi connectivity index (χ1) is 12.4. The lowest BCUT2D eigenvalue weighted by atomic mass is 10.1. The Morgan fingerprint density at radius 2 is 1.58 bits per heavy atom. The second-order valence-electron chi connectivity index (χ2n) is 6.21. The monoisotopic (exact) mass is 356 g/mol. The highest BCUT2D eigenvalue weighted by atomic mass is 16.5. The van der Waals surface area contributed by atoms with Gasteiger partial charge < -0.3 is 20.1 Å². The van der Waals surface area contributed by atoms with Crippen LogP contribution in [-0.4, -0.2) is 32.6 Å². The van der Waals surface area contributed by atoms with Crippen LogP contribution in [0.15, 0.2) is 42.5 Å². The maximum atomic E-state index is 12.5. The van der Waals surface area contributed by atoms with Gasteiger partial charge in [-0.3, -0.25) is 9.59 Å². The molecule has 0 aliphatic rings. The first kappa shape index (κ1) is 19.3. The van der Waals surface area contributed by atoms with Crippen molar-refractivity contribution >= 4 is 17.5 Å². The fourth-order valence-corrected chi connectivity index (χ4v) is 2.32. The average Bonchev–Trinajstić information content (AvgIpc) is 2.65. The number of methoxy groups -OCH3 is 2. The number of anilines is 1. The maximum absolute atomic E-state index is 12.5. The fraction of sp³-hybridized carbons (Fsp3) is 0.300. The lowest BCUT2D eigenvalue weighted by Gasteiger charge is -2.11. The standard InChI is InChI=1S/C20H24N2O4/c1-13(2)12-21-19(23)14-6-5-7-15(10-14)20(24)22-16-8-9-17(25-3)18(11-16)26-4/h5-11,13H,12H2,1-4H3,(H,21,23)(H,22,24). The molecule has 138 valence electrons. The van der Waals surface area contributed by atoms with E-state index < -0.39 is 0 Å². The van der Waals surface area contributed by atoms with E-state index in [9.17, 15) is 9.59 Å². The summed E-state index contributed by atoms with van der Waals surface area (Å²) in [6, 6.07) is 11.7. The molecular weight excluding hydrogens is 332 g/mol. The molecule has 0 unspecified atom stereocenters. The number of rotatable bonds is 7. The molecule has 2 amide bonds. The molecule has 0 fully saturated rings. The Balaban J connectivity index is 2.12. The summed E-state index contributed by atoms with van der Waals surface area (Å²) in [6.45, 7) is 4.63. The second-order valence-corrected chi connectivity index (χ2v) is 6.21. The van der Waals surface area contributed by atoms with Gasteiger partial charge in [0, 0.05) is 29.4 Å². The van der Waals surface area contributed by atoms with Gasteiger partial charge >= 0.3 is 0 Å². The summed E-state index contributed by atoms with van der Waals surface area (Å²) >= 11 is 0. The van der Waals surface area contributed by atoms with Gasteiger partial charge in [-0.15, -0.1) is 0 Å². The molecule has 0 aliphatic carbocycles. The minimum absolute atomic E-state index is 0.195. The summed E-state index contributed by atoms with van der Waals surface area (Å²) in [6.07, 6.45) is 0. The van der Waals surface area contributed by atoms with Crippen molar-refractivity contribution in [2.75, 3.05) is 26.1 Å². The summed E-state index contributed by atoms with van der Waals surface area (Å²) in [5, 5.41) is 5.64. The minimum Gasteiger partial charge on any atom is -0.493 e. The molecule has 2 rings (SSSR count). The van der Waals surface area contributed by atoms with Crippen LogP contribution in [0.3, 0.4) is 0 Å². The minimum atomic E-state index is -0.310. The van der Waals surface area contributed by atoms with E-state index in [-0.39, 0.29) is 11.8 Å². The largest absolute Gasteiger partial charge is 0.493 e. The summed E-state index contributed by atoms with van der Waals surface area (Å²) in [5.74, 6) is 0.951. The summed E-state index contributed by atoms with van der Waals surface area (Å²) < 4.78 is 10.4. The fourth-order valence-electron chi connectivity index (χ4n) is 2.32. The van der Waals surface area contributed by atoms with Gasteiger partial charge in [-0.05, 0) is 36.2 Å². The topological polar surface area (TPSA) is 76.7 Å². The van der Waals surface area contributed by atoms with E-state index in [2.05, 4.69) is 10.6 Å². The van der Waals surface area contributed by atoms with Crippen LogP contribution in [-0.2, 0) is 0 Å². The van der Waals surface area contributed by atoms with E-state index in [4.69, 9.17) is 9.47 Å². The third kappa shape index (κ3) is 4.99. The van der Waals surface area contributed by atoms with E-state index in [1.807, 2.05) is 13.8 Å². The summed E-state index contributed by atoms with van der Waals surface area (Å²) in [5.41, 5.74) is 1.42. The molecule has 0 aromatic heterocycles. The van der Waals surface area contributed by atoms with Crippen molar-refractivity contribution in [3.63, 3.8) is 0 Å². The van der Waals surface area contributed by atoms with Crippen LogP contribution in [0.5, 0.6) is 11.5 Å². The Morgan fingerprint density at radius 1 is 0.923 bits per heavy atom. The zero-order valence-electron chi connectivity index (χ0n) is 15.5. The van der Waals surface area contributed by atoms with Crippen LogP contribution >= 0.6 is 0 Å². The van der Waals surface area contributed by atoms with Crippen LogP contribution in [0.25, 0.3) is 0 Å². The van der Waals surface area contributed by atoms with Crippen molar-refractivity contribution in [3.05, 3.63) is 53.6 Å². The third-order valence-electron chi connectivity index (χ3n) is 3.70. The van der Waals surface area contributed by atoms with Gasteiger partial charge in [-0.1, -0.05) is 19.9 Å². The molecule has 6 nitrogen and oxygen atoms in total. The molecule has 0 spiro atoms. The first-order valence-electron chi connectivity index (χ1n) is 8.36. The molecular formula is C20H24N2O4. The van der Waals surface area contributed by atoms with Crippen LogP contribution in [0.1, 0.15) is 34.6 Å². The molecule has 0 saturated heterocycles. The molecule has 6 heteroatoms. The normalized spacial score (nSPS) is 10.3. The Kier molecular flexibility index (Phi) is 6.60. The quantitative estimate of drug-likeness (QED) is 0.798. The van der Waals surface area contributed by atoms with Crippen molar-refractivity contribution in [2.24, 2.45) is 5.92 Å². The molecule has 0 atom stereocenters. The zero-order chi connectivity index (χ0) is 19.1. The molecule has 0 heterocycles. The van der Waals surface area contributed by atoms with E-state index in [0.717, 1.165) is 0 Å². The molecule has 26 heavy (non-hydrogen) atoms. The van der Waals surface area contributed by atoms with Gasteiger partial charge in [0.1, 0.15) is 0 Å². The van der Waals surface area contributed by atoms with Crippen molar-refractivity contribution in [1.29, 1.82) is 0 Å². The molecule has 0 saturated carbocycles. The smallest absolute Gasteiger partial charge is 0.255 e. The van der Waals surface area contributed by atoms with Crippen molar-refractivity contribution in [3.8, 4) is 11.5 Å². The van der Waals surface area contributed by atoms with Gasteiger partial charge in [0.25, 0.3) is 11.8 Å². The lowest BCUT2D eigenvalue weighted by Crippen LogP contribution is -2.27. The number of carbonyl (C=O) groups excluding carboxylic acids is 2. The van der Waals surface area contributed by atoms with E-state index in [1.54, 1.807) is 49.6 Å². The van der Waals surface area contributed by atoms with Crippen molar-refractivity contribution in [2.45, 2.75) is 13.8 Å². The second kappa shape index (κ2) is 8.89. The number of ether oxygens (including phenoxy) is 2. The number of nitrogens with one attached hydrogen (secondary N) is 2. The number of amides is 2. The number of benzene rings is 2. The molecule has 2 aromatic rings. The summed E-state index contributed by atoms with van der Waals surface area (Å²) in [7, 11) is 3.08. The SMILES string of the molecule is COc1ccc(NC(=O)c2cccc(C(=O)NCC(C)C)c2)cc1OC. The predicted molar refractivity (Wildman–Crippen MR) is 101 cm³/mol. The average molecular weight is 356 g/mol. The van der Waals surface area contributed by atoms with Gasteiger partial charge in [0.2, 0.25) is 0 Å². The Labute approximate surface area is 153 Å². The van der Waals surface area contributed by atoms with E-state index >= 15 is 0 Å². The molecule has 0 aliphatic heterocycles. The molecule has 0 bridgehead atoms. The molecule has 2 N–H and O–H groups in total. The Bertz CT molecular complexity index is 787. The van der Waals surface area contributed by atoms with Crippen LogP contribution in [0, 0.1) is 5.92 Å². The zero-order valence-corrected chi connectivity index (χ0v) is 15.5. The predicted octanol–water partition coefficient (Wildman–Crippen LogP) is 3.34. The highest BCUT2D eigenvalue weighted by Crippen LogP contribution is 2.29.